The number of rotatable bonds is 4. The summed E-state index contributed by atoms with van der Waals surface area (Å²) in [6.07, 6.45) is 3.68. The van der Waals surface area contributed by atoms with Gasteiger partial charge in [-0.25, -0.2) is 4.98 Å². The van der Waals surface area contributed by atoms with Gasteiger partial charge in [0.05, 0.1) is 6.54 Å². The summed E-state index contributed by atoms with van der Waals surface area (Å²) >= 11 is 0. The average Bonchev–Trinajstić information content (AvgIpc) is 3.03. The lowest BCUT2D eigenvalue weighted by molar-refractivity contribution is -0.133. The normalized spacial score (nSPS) is 22.0. The van der Waals surface area contributed by atoms with Gasteiger partial charge in [-0.05, 0) is 25.3 Å². The van der Waals surface area contributed by atoms with Gasteiger partial charge in [-0.3, -0.25) is 9.69 Å². The zero-order valence-corrected chi connectivity index (χ0v) is 15.2. The molecule has 1 amide bonds. The predicted molar refractivity (Wildman–Crippen MR) is 94.2 cm³/mol. The average molecular weight is 345 g/mol. The molecule has 2 aliphatic rings. The Bertz CT molecular complexity index is 642. The highest BCUT2D eigenvalue weighted by molar-refractivity contribution is 5.78. The molecule has 3 heterocycles. The minimum absolute atomic E-state index is 0.214. The first-order chi connectivity index (χ1) is 12.1. The second-order valence-electron chi connectivity index (χ2n) is 7.02. The van der Waals surface area contributed by atoms with E-state index >= 15 is 0 Å². The van der Waals surface area contributed by atoms with Gasteiger partial charge in [0.2, 0.25) is 17.5 Å². The smallest absolute Gasteiger partial charge is 0.236 e. The van der Waals surface area contributed by atoms with Gasteiger partial charge in [0.1, 0.15) is 6.07 Å². The first-order valence-electron chi connectivity index (χ1n) is 9.23. The van der Waals surface area contributed by atoms with E-state index in [1.807, 2.05) is 9.80 Å². The number of likely N-dealkylation sites (tertiary alicyclic amines) is 1. The number of carbonyl (C=O) groups excluding carboxylic acids is 1. The van der Waals surface area contributed by atoms with E-state index in [0.29, 0.717) is 50.2 Å². The molecule has 2 aliphatic heterocycles. The van der Waals surface area contributed by atoms with Crippen LogP contribution in [0.4, 0.5) is 5.88 Å². The van der Waals surface area contributed by atoms with Gasteiger partial charge in [0.15, 0.2) is 5.89 Å². The molecular weight excluding hydrogens is 318 g/mol. The van der Waals surface area contributed by atoms with E-state index in [0.717, 1.165) is 19.0 Å². The monoisotopic (exact) mass is 345 g/mol. The molecule has 0 N–H and O–H groups in total. The van der Waals surface area contributed by atoms with Crippen molar-refractivity contribution in [3.8, 4) is 6.07 Å². The van der Waals surface area contributed by atoms with Crippen molar-refractivity contribution < 1.29 is 9.21 Å². The maximum absolute atomic E-state index is 12.6. The van der Waals surface area contributed by atoms with Gasteiger partial charge < -0.3 is 14.2 Å². The SMILES string of the molecule is CCC1CCCN(CC(=O)N2CCN(c3oc(C)nc3C#N)CC2)C1. The van der Waals surface area contributed by atoms with Crippen molar-refractivity contribution in [3.05, 3.63) is 11.6 Å². The van der Waals surface area contributed by atoms with Crippen LogP contribution in [-0.4, -0.2) is 66.5 Å². The van der Waals surface area contributed by atoms with Crippen molar-refractivity contribution in [3.63, 3.8) is 0 Å². The molecule has 1 unspecified atom stereocenters. The summed E-state index contributed by atoms with van der Waals surface area (Å²) in [5.74, 6) is 1.98. The van der Waals surface area contributed by atoms with E-state index in [4.69, 9.17) is 9.68 Å². The molecule has 0 aromatic carbocycles. The number of amides is 1. The van der Waals surface area contributed by atoms with Crippen molar-refractivity contribution in [1.82, 2.24) is 14.8 Å². The van der Waals surface area contributed by atoms with Gasteiger partial charge in [-0.15, -0.1) is 0 Å². The maximum atomic E-state index is 12.6. The Morgan fingerprint density at radius 3 is 2.76 bits per heavy atom. The van der Waals surface area contributed by atoms with E-state index in [2.05, 4.69) is 22.9 Å². The number of nitrogens with zero attached hydrogens (tertiary/aromatic N) is 5. The summed E-state index contributed by atoms with van der Waals surface area (Å²) in [4.78, 5) is 23.0. The molecule has 136 valence electrons. The number of nitriles is 1. The third kappa shape index (κ3) is 4.13. The van der Waals surface area contributed by atoms with Crippen LogP contribution in [0.2, 0.25) is 0 Å². The van der Waals surface area contributed by atoms with Crippen molar-refractivity contribution in [1.29, 1.82) is 5.26 Å². The zero-order valence-electron chi connectivity index (χ0n) is 15.2. The maximum Gasteiger partial charge on any atom is 0.236 e. The molecule has 0 saturated carbocycles. The first-order valence-corrected chi connectivity index (χ1v) is 9.23. The molecule has 1 aromatic heterocycles. The Labute approximate surface area is 149 Å². The number of aryl methyl sites for hydroxylation is 1. The van der Waals surface area contributed by atoms with E-state index in [1.54, 1.807) is 6.92 Å². The Balaban J connectivity index is 1.51. The summed E-state index contributed by atoms with van der Waals surface area (Å²) in [7, 11) is 0. The molecule has 0 radical (unpaired) electrons. The van der Waals surface area contributed by atoms with E-state index in [1.165, 1.54) is 19.3 Å². The van der Waals surface area contributed by atoms with Crippen molar-refractivity contribution in [2.24, 2.45) is 5.92 Å². The van der Waals surface area contributed by atoms with Crippen LogP contribution in [0.1, 0.15) is 37.8 Å². The molecule has 1 aromatic rings. The molecule has 7 nitrogen and oxygen atoms in total. The predicted octanol–water partition coefficient (Wildman–Crippen LogP) is 1.63. The highest BCUT2D eigenvalue weighted by atomic mass is 16.4. The van der Waals surface area contributed by atoms with Crippen LogP contribution in [0.15, 0.2) is 4.42 Å². The molecular formula is C18H27N5O2. The lowest BCUT2D eigenvalue weighted by Gasteiger charge is -2.37. The standard InChI is InChI=1S/C18H27N5O2/c1-3-15-5-4-6-21(12-15)13-17(24)22-7-9-23(10-8-22)18-16(11-19)20-14(2)25-18/h15H,3-10,12-13H2,1-2H3. The third-order valence-electron chi connectivity index (χ3n) is 5.28. The van der Waals surface area contributed by atoms with E-state index < -0.39 is 0 Å². The molecule has 0 spiro atoms. The molecule has 0 aliphatic carbocycles. The number of carbonyl (C=O) groups is 1. The summed E-state index contributed by atoms with van der Waals surface area (Å²) in [5.41, 5.74) is 0.330. The lowest BCUT2D eigenvalue weighted by Crippen LogP contribution is -2.52. The summed E-state index contributed by atoms with van der Waals surface area (Å²) in [6, 6.07) is 2.08. The molecule has 25 heavy (non-hydrogen) atoms. The van der Waals surface area contributed by atoms with Crippen LogP contribution in [0, 0.1) is 24.2 Å². The second-order valence-corrected chi connectivity index (χ2v) is 7.02. The first kappa shape index (κ1) is 17.7. The zero-order chi connectivity index (χ0) is 17.8. The number of anilines is 1. The van der Waals surface area contributed by atoms with Crippen molar-refractivity contribution >= 4 is 11.8 Å². The topological polar surface area (TPSA) is 76.6 Å². The Kier molecular flexibility index (Phi) is 5.59. The van der Waals surface area contributed by atoms with Gasteiger partial charge >= 0.3 is 0 Å². The Morgan fingerprint density at radius 1 is 1.32 bits per heavy atom. The Hall–Kier alpha value is -2.07. The lowest BCUT2D eigenvalue weighted by atomic mass is 9.96. The third-order valence-corrected chi connectivity index (χ3v) is 5.28. The van der Waals surface area contributed by atoms with Gasteiger partial charge in [0, 0.05) is 39.6 Å². The number of oxazole rings is 1. The fourth-order valence-corrected chi connectivity index (χ4v) is 3.78. The van der Waals surface area contributed by atoms with Crippen molar-refractivity contribution in [2.75, 3.05) is 50.7 Å². The number of piperazine rings is 1. The van der Waals surface area contributed by atoms with E-state index in [-0.39, 0.29) is 5.91 Å². The highest BCUT2D eigenvalue weighted by Crippen LogP contribution is 2.23. The molecule has 2 fully saturated rings. The highest BCUT2D eigenvalue weighted by Gasteiger charge is 2.27. The fourth-order valence-electron chi connectivity index (χ4n) is 3.78. The number of piperidine rings is 1. The minimum Gasteiger partial charge on any atom is -0.424 e. The van der Waals surface area contributed by atoms with Crippen LogP contribution >= 0.6 is 0 Å². The number of hydrogen-bond acceptors (Lipinski definition) is 6. The van der Waals surface area contributed by atoms with Gasteiger partial charge in [-0.1, -0.05) is 13.3 Å². The number of aromatic nitrogens is 1. The van der Waals surface area contributed by atoms with Crippen LogP contribution in [0.3, 0.4) is 0 Å². The molecule has 7 heteroatoms. The molecule has 0 bridgehead atoms. The Morgan fingerprint density at radius 2 is 2.08 bits per heavy atom. The van der Waals surface area contributed by atoms with E-state index in [9.17, 15) is 4.79 Å². The second kappa shape index (κ2) is 7.87. The minimum atomic E-state index is 0.214. The molecule has 3 rings (SSSR count). The molecule has 2 saturated heterocycles. The summed E-state index contributed by atoms with van der Waals surface area (Å²) < 4.78 is 5.57. The fraction of sp³-hybridized carbons (Fsp3) is 0.722. The van der Waals surface area contributed by atoms with Gasteiger partial charge in [0.25, 0.3) is 0 Å². The van der Waals surface area contributed by atoms with Crippen LogP contribution in [0.25, 0.3) is 0 Å². The van der Waals surface area contributed by atoms with Gasteiger partial charge in [-0.2, -0.15) is 5.26 Å². The quantitative estimate of drug-likeness (QED) is 0.825. The summed E-state index contributed by atoms with van der Waals surface area (Å²) in [6.45, 7) is 9.25. The van der Waals surface area contributed by atoms with Crippen molar-refractivity contribution in [2.45, 2.75) is 33.1 Å². The number of hydrogen-bond donors (Lipinski definition) is 0. The summed E-state index contributed by atoms with van der Waals surface area (Å²) in [5, 5.41) is 9.16. The molecule has 1 atom stereocenters. The van der Waals surface area contributed by atoms with Crippen LogP contribution in [-0.2, 0) is 4.79 Å². The van der Waals surface area contributed by atoms with Crippen LogP contribution in [0.5, 0.6) is 0 Å². The largest absolute Gasteiger partial charge is 0.424 e. The van der Waals surface area contributed by atoms with Crippen LogP contribution < -0.4 is 4.90 Å².